The molecule has 0 aliphatic carbocycles. The summed E-state index contributed by atoms with van der Waals surface area (Å²) < 4.78 is 0. The van der Waals surface area contributed by atoms with Gasteiger partial charge in [-0.2, -0.15) is 0 Å². The average Bonchev–Trinajstić information content (AvgIpc) is 2.55. The van der Waals surface area contributed by atoms with Gasteiger partial charge in [-0.25, -0.2) is 0 Å². The Balaban J connectivity index is 2.72. The van der Waals surface area contributed by atoms with E-state index in [4.69, 9.17) is 0 Å². The molecule has 0 heteroatoms. The van der Waals surface area contributed by atoms with Crippen molar-refractivity contribution in [3.05, 3.63) is 102 Å². The van der Waals surface area contributed by atoms with E-state index in [2.05, 4.69) is 75.1 Å². The maximum Gasteiger partial charge on any atom is -0.0160 e. The molecule has 22 heavy (non-hydrogen) atoms. The Hall–Kier alpha value is -2.34. The molecule has 0 saturated heterocycles. The van der Waals surface area contributed by atoms with Crippen molar-refractivity contribution >= 4 is 6.08 Å². The van der Waals surface area contributed by atoms with Crippen molar-refractivity contribution in [2.75, 3.05) is 0 Å². The van der Waals surface area contributed by atoms with Gasteiger partial charge in [0.15, 0.2) is 0 Å². The van der Waals surface area contributed by atoms with Crippen LogP contribution >= 0.6 is 0 Å². The van der Waals surface area contributed by atoms with Gasteiger partial charge < -0.3 is 0 Å². The lowest BCUT2D eigenvalue weighted by Gasteiger charge is -2.02. The first-order valence-corrected chi connectivity index (χ1v) is 7.82. The topological polar surface area (TPSA) is 0 Å². The molecule has 0 spiro atoms. The zero-order chi connectivity index (χ0) is 16.0. The molecule has 1 aromatic rings. The first-order chi connectivity index (χ1) is 10.8. The third-order valence-corrected chi connectivity index (χ3v) is 3.19. The molecule has 0 bridgehead atoms. The monoisotopic (exact) mass is 290 g/mol. The Bertz CT molecular complexity index is 578. The molecule has 0 amide bonds. The van der Waals surface area contributed by atoms with Crippen LogP contribution in [0.15, 0.2) is 96.7 Å². The minimum absolute atomic E-state index is 0.938. The molecule has 1 rings (SSSR count). The molecule has 0 aliphatic heterocycles. The van der Waals surface area contributed by atoms with Crippen molar-refractivity contribution in [2.24, 2.45) is 0 Å². The van der Waals surface area contributed by atoms with Gasteiger partial charge in [0.2, 0.25) is 0 Å². The first-order valence-electron chi connectivity index (χ1n) is 7.82. The van der Waals surface area contributed by atoms with Gasteiger partial charge >= 0.3 is 0 Å². The summed E-state index contributed by atoms with van der Waals surface area (Å²) >= 11 is 0. The van der Waals surface area contributed by atoms with Crippen LogP contribution in [0.25, 0.3) is 6.08 Å². The molecule has 114 valence electrons. The molecule has 0 saturated carbocycles. The van der Waals surface area contributed by atoms with Crippen LogP contribution in [0.5, 0.6) is 0 Å². The van der Waals surface area contributed by atoms with Crippen molar-refractivity contribution in [2.45, 2.75) is 26.7 Å². The van der Waals surface area contributed by atoms with Crippen molar-refractivity contribution < 1.29 is 0 Å². The van der Waals surface area contributed by atoms with Crippen LogP contribution in [-0.2, 0) is 0 Å². The van der Waals surface area contributed by atoms with Gasteiger partial charge in [-0.15, -0.1) is 0 Å². The maximum atomic E-state index is 3.81. The summed E-state index contributed by atoms with van der Waals surface area (Å²) in [6.07, 6.45) is 20.9. The quantitative estimate of drug-likeness (QED) is 0.469. The van der Waals surface area contributed by atoms with Crippen molar-refractivity contribution in [1.82, 2.24) is 0 Å². The van der Waals surface area contributed by atoms with Gasteiger partial charge in [-0.1, -0.05) is 98.5 Å². The van der Waals surface area contributed by atoms with E-state index in [1.165, 1.54) is 16.7 Å². The second-order valence-electron chi connectivity index (χ2n) is 4.99. The summed E-state index contributed by atoms with van der Waals surface area (Å²) in [5.41, 5.74) is 3.66. The molecule has 0 radical (unpaired) electrons. The zero-order valence-electron chi connectivity index (χ0n) is 13.7. The number of allylic oxidation sites excluding steroid dienone is 10. The highest BCUT2D eigenvalue weighted by atomic mass is 14.0. The molecule has 0 fully saturated rings. The van der Waals surface area contributed by atoms with E-state index in [1.54, 1.807) is 0 Å². The van der Waals surface area contributed by atoms with Gasteiger partial charge in [0.05, 0.1) is 0 Å². The van der Waals surface area contributed by atoms with Crippen LogP contribution in [0.4, 0.5) is 0 Å². The van der Waals surface area contributed by atoms with E-state index in [0.29, 0.717) is 0 Å². The predicted octanol–water partition coefficient (Wildman–Crippen LogP) is 6.67. The highest BCUT2D eigenvalue weighted by Gasteiger charge is 1.94. The number of benzene rings is 1. The summed E-state index contributed by atoms with van der Waals surface area (Å²) in [4.78, 5) is 0. The lowest BCUT2D eigenvalue weighted by molar-refractivity contribution is 1.22. The largest absolute Gasteiger partial charge is 0.0990 e. The average molecular weight is 290 g/mol. The Morgan fingerprint density at radius 3 is 2.50 bits per heavy atom. The summed E-state index contributed by atoms with van der Waals surface area (Å²) in [5, 5.41) is 0. The lowest BCUT2D eigenvalue weighted by atomic mass is 10.0. The Morgan fingerprint density at radius 2 is 1.82 bits per heavy atom. The standard InChI is InChI=1S/C22H26/c1-4-6-7-8-9-11-15-20(3)22(14-5-2)19-18-21-16-12-10-13-17-21/h5-10,12-19H,2,4,11H2,1,3H3/b7-6-,9-8-,19-18-,20-15+,22-14+. The van der Waals surface area contributed by atoms with Crippen molar-refractivity contribution in [3.63, 3.8) is 0 Å². The molecule has 0 heterocycles. The van der Waals surface area contributed by atoms with Gasteiger partial charge in [0.25, 0.3) is 0 Å². The second-order valence-corrected chi connectivity index (χ2v) is 4.99. The van der Waals surface area contributed by atoms with Crippen LogP contribution in [0.2, 0.25) is 0 Å². The van der Waals surface area contributed by atoms with Crippen molar-refractivity contribution in [3.8, 4) is 0 Å². The number of hydrogen-bond donors (Lipinski definition) is 0. The lowest BCUT2D eigenvalue weighted by Crippen LogP contribution is -1.81. The van der Waals surface area contributed by atoms with Crippen LogP contribution < -0.4 is 0 Å². The molecular formula is C22H26. The summed E-state index contributed by atoms with van der Waals surface area (Å²) in [6.45, 7) is 8.09. The second kappa shape index (κ2) is 11.3. The molecule has 0 aliphatic rings. The normalized spacial score (nSPS) is 13.5. The first kappa shape index (κ1) is 17.7. The van der Waals surface area contributed by atoms with E-state index in [1.807, 2.05) is 30.4 Å². The van der Waals surface area contributed by atoms with Crippen LogP contribution in [-0.4, -0.2) is 0 Å². The summed E-state index contributed by atoms with van der Waals surface area (Å²) in [5.74, 6) is 0. The fraction of sp³-hybridized carbons (Fsp3) is 0.182. The Morgan fingerprint density at radius 1 is 1.09 bits per heavy atom. The molecular weight excluding hydrogens is 264 g/mol. The van der Waals surface area contributed by atoms with E-state index >= 15 is 0 Å². The van der Waals surface area contributed by atoms with Gasteiger partial charge in [-0.05, 0) is 36.5 Å². The van der Waals surface area contributed by atoms with Crippen LogP contribution in [0.1, 0.15) is 32.3 Å². The van der Waals surface area contributed by atoms with E-state index < -0.39 is 0 Å². The highest BCUT2D eigenvalue weighted by Crippen LogP contribution is 2.14. The number of hydrogen-bond acceptors (Lipinski definition) is 0. The summed E-state index contributed by atoms with van der Waals surface area (Å²) in [6, 6.07) is 10.3. The third kappa shape index (κ3) is 7.44. The number of rotatable bonds is 8. The summed E-state index contributed by atoms with van der Waals surface area (Å²) in [7, 11) is 0. The Labute approximate surface area is 135 Å². The SMILES string of the molecule is C=C/C=C(\C=C/c1ccccc1)C(/C)=C/C/C=C\C=C/CC. The van der Waals surface area contributed by atoms with Gasteiger partial charge in [-0.3, -0.25) is 0 Å². The fourth-order valence-corrected chi connectivity index (χ4v) is 1.93. The molecule has 0 aromatic heterocycles. The maximum absolute atomic E-state index is 3.81. The molecule has 0 unspecified atom stereocenters. The van der Waals surface area contributed by atoms with Gasteiger partial charge in [0.1, 0.15) is 0 Å². The van der Waals surface area contributed by atoms with Gasteiger partial charge in [0, 0.05) is 0 Å². The van der Waals surface area contributed by atoms with E-state index in [-0.39, 0.29) is 0 Å². The zero-order valence-corrected chi connectivity index (χ0v) is 13.7. The molecule has 1 aromatic carbocycles. The van der Waals surface area contributed by atoms with Crippen LogP contribution in [0, 0.1) is 0 Å². The smallest absolute Gasteiger partial charge is 0.0160 e. The minimum atomic E-state index is 0.938. The van der Waals surface area contributed by atoms with E-state index in [9.17, 15) is 0 Å². The predicted molar refractivity (Wildman–Crippen MR) is 101 cm³/mol. The molecule has 0 atom stereocenters. The van der Waals surface area contributed by atoms with E-state index in [0.717, 1.165) is 12.8 Å². The van der Waals surface area contributed by atoms with Crippen LogP contribution in [0.3, 0.4) is 0 Å². The molecule has 0 N–H and O–H groups in total. The van der Waals surface area contributed by atoms with Crippen molar-refractivity contribution in [1.29, 1.82) is 0 Å². The Kier molecular flexibility index (Phi) is 9.12. The highest BCUT2D eigenvalue weighted by molar-refractivity contribution is 5.56. The third-order valence-electron chi connectivity index (χ3n) is 3.19. The fourth-order valence-electron chi connectivity index (χ4n) is 1.93. The molecule has 0 nitrogen and oxygen atoms in total. The minimum Gasteiger partial charge on any atom is -0.0990 e.